The summed E-state index contributed by atoms with van der Waals surface area (Å²) in [4.78, 5) is 15.2. The molecular formula is C51H51N3. The average molecular weight is 706 g/mol. The molecule has 0 radical (unpaired) electrons. The van der Waals surface area contributed by atoms with Gasteiger partial charge in [0.25, 0.3) is 0 Å². The third kappa shape index (κ3) is 8.11. The highest BCUT2D eigenvalue weighted by Gasteiger charge is 2.14. The summed E-state index contributed by atoms with van der Waals surface area (Å²) in [7, 11) is 0. The molecule has 1 aromatic heterocycles. The van der Waals surface area contributed by atoms with Crippen LogP contribution in [0.4, 0.5) is 0 Å². The fourth-order valence-electron chi connectivity index (χ4n) is 6.92. The molecule has 0 fully saturated rings. The van der Waals surface area contributed by atoms with E-state index in [9.17, 15) is 0 Å². The Kier molecular flexibility index (Phi) is 11.2. The van der Waals surface area contributed by atoms with Gasteiger partial charge in [-0.1, -0.05) is 187 Å². The van der Waals surface area contributed by atoms with E-state index in [1.165, 1.54) is 50.1 Å². The van der Waals surface area contributed by atoms with Gasteiger partial charge in [0, 0.05) is 16.7 Å². The Hall–Kier alpha value is -5.67. The van der Waals surface area contributed by atoms with Gasteiger partial charge in [0.15, 0.2) is 17.5 Å². The minimum Gasteiger partial charge on any atom is -0.208 e. The molecule has 3 heteroatoms. The fourth-order valence-corrected chi connectivity index (χ4v) is 6.92. The molecule has 0 spiro atoms. The molecule has 54 heavy (non-hydrogen) atoms. The normalized spacial score (nSPS) is 13.0. The van der Waals surface area contributed by atoms with Crippen LogP contribution in [0.25, 0.3) is 67.5 Å². The number of hydrogen-bond donors (Lipinski definition) is 0. The lowest BCUT2D eigenvalue weighted by Crippen LogP contribution is -2.00. The predicted molar refractivity (Wildman–Crippen MR) is 229 cm³/mol. The minimum atomic E-state index is 0.558. The zero-order valence-corrected chi connectivity index (χ0v) is 32.6. The van der Waals surface area contributed by atoms with Crippen LogP contribution in [-0.4, -0.2) is 15.0 Å². The molecule has 0 aliphatic rings. The van der Waals surface area contributed by atoms with Crippen molar-refractivity contribution in [3.8, 4) is 67.5 Å². The largest absolute Gasteiger partial charge is 0.208 e. The molecule has 6 aromatic carbocycles. The molecule has 3 atom stereocenters. The third-order valence-corrected chi connectivity index (χ3v) is 11.3. The number of hydrogen-bond acceptors (Lipinski definition) is 3. The van der Waals surface area contributed by atoms with Crippen LogP contribution in [-0.2, 0) is 0 Å². The number of nitrogens with zero attached hydrogens (tertiary/aromatic N) is 3. The van der Waals surface area contributed by atoms with E-state index in [4.69, 9.17) is 15.0 Å². The van der Waals surface area contributed by atoms with Crippen molar-refractivity contribution >= 4 is 0 Å². The smallest absolute Gasteiger partial charge is 0.164 e. The van der Waals surface area contributed by atoms with Crippen molar-refractivity contribution in [1.82, 2.24) is 15.0 Å². The van der Waals surface area contributed by atoms with Crippen LogP contribution in [0.5, 0.6) is 0 Å². The lowest BCUT2D eigenvalue weighted by Gasteiger charge is -2.12. The van der Waals surface area contributed by atoms with Gasteiger partial charge in [0.1, 0.15) is 0 Å². The zero-order chi connectivity index (χ0) is 37.6. The van der Waals surface area contributed by atoms with Gasteiger partial charge >= 0.3 is 0 Å². The number of rotatable bonds is 12. The van der Waals surface area contributed by atoms with Crippen LogP contribution in [0.2, 0.25) is 0 Å². The second-order valence-electron chi connectivity index (χ2n) is 14.8. The van der Waals surface area contributed by atoms with Crippen molar-refractivity contribution in [3.63, 3.8) is 0 Å². The Morgan fingerprint density at radius 2 is 0.444 bits per heavy atom. The van der Waals surface area contributed by atoms with Crippen LogP contribution >= 0.6 is 0 Å². The molecule has 3 nitrogen and oxygen atoms in total. The molecule has 0 amide bonds. The number of aromatic nitrogens is 3. The Labute approximate surface area is 322 Å². The summed E-state index contributed by atoms with van der Waals surface area (Å²) in [5.41, 5.74) is 14.1. The summed E-state index contributed by atoms with van der Waals surface area (Å²) >= 11 is 0. The summed E-state index contributed by atoms with van der Waals surface area (Å²) in [6.07, 6.45) is 3.41. The first-order valence-electron chi connectivity index (χ1n) is 19.7. The predicted octanol–water partition coefficient (Wildman–Crippen LogP) is 14.4. The van der Waals surface area contributed by atoms with E-state index in [1.807, 2.05) is 0 Å². The summed E-state index contributed by atoms with van der Waals surface area (Å²) in [6, 6.07) is 52.6. The van der Waals surface area contributed by atoms with Crippen molar-refractivity contribution in [1.29, 1.82) is 0 Å². The van der Waals surface area contributed by atoms with Crippen LogP contribution < -0.4 is 0 Å². The quantitative estimate of drug-likeness (QED) is 0.127. The second kappa shape index (κ2) is 16.6. The molecule has 0 bridgehead atoms. The molecule has 270 valence electrons. The highest BCUT2D eigenvalue weighted by molar-refractivity contribution is 5.74. The van der Waals surface area contributed by atoms with Crippen LogP contribution in [0, 0.1) is 0 Å². The molecular weight excluding hydrogens is 655 g/mol. The van der Waals surface area contributed by atoms with E-state index in [1.54, 1.807) is 0 Å². The standard InChI is InChI=1S/C51H51N3/c1-7-34(4)37-10-16-40(17-11-37)43-22-28-46(29-23-43)49-52-50(47-30-24-44(25-31-47)41-18-12-38(13-19-41)35(5)8-2)54-51(53-49)48-32-26-45(27-33-48)42-20-14-39(15-21-42)36(6)9-3/h10-36H,7-9H2,1-6H3. The maximum atomic E-state index is 5.06. The lowest BCUT2D eigenvalue weighted by atomic mass is 9.95. The Balaban J connectivity index is 1.22. The SMILES string of the molecule is CCC(C)c1ccc(-c2ccc(-c3nc(-c4ccc(-c5ccc(C(C)CC)cc5)cc4)nc(-c4ccc(-c5ccc(C(C)CC)cc5)cc4)n3)cc2)cc1. The average Bonchev–Trinajstić information content (AvgIpc) is 3.25. The van der Waals surface area contributed by atoms with E-state index < -0.39 is 0 Å². The Bertz CT molecular complexity index is 1990. The van der Waals surface area contributed by atoms with Crippen molar-refractivity contribution in [2.45, 2.75) is 78.6 Å². The third-order valence-electron chi connectivity index (χ3n) is 11.3. The van der Waals surface area contributed by atoms with Gasteiger partial charge in [-0.25, -0.2) is 15.0 Å². The Morgan fingerprint density at radius 3 is 0.630 bits per heavy atom. The van der Waals surface area contributed by atoms with Crippen molar-refractivity contribution < 1.29 is 0 Å². The van der Waals surface area contributed by atoms with E-state index in [0.717, 1.165) is 36.0 Å². The van der Waals surface area contributed by atoms with Crippen LogP contribution in [0.3, 0.4) is 0 Å². The molecule has 3 unspecified atom stereocenters. The second-order valence-corrected chi connectivity index (χ2v) is 14.8. The Morgan fingerprint density at radius 1 is 0.278 bits per heavy atom. The molecule has 7 rings (SSSR count). The highest BCUT2D eigenvalue weighted by Crippen LogP contribution is 2.32. The van der Waals surface area contributed by atoms with Gasteiger partial charge in [-0.05, 0) is 87.1 Å². The van der Waals surface area contributed by atoms with Gasteiger partial charge in [0.05, 0.1) is 0 Å². The monoisotopic (exact) mass is 705 g/mol. The molecule has 1 heterocycles. The topological polar surface area (TPSA) is 38.7 Å². The van der Waals surface area contributed by atoms with E-state index in [-0.39, 0.29) is 0 Å². The first kappa shape index (κ1) is 36.7. The molecule has 0 N–H and O–H groups in total. The molecule has 0 saturated heterocycles. The van der Waals surface area contributed by atoms with Gasteiger partial charge in [-0.3, -0.25) is 0 Å². The number of benzene rings is 6. The van der Waals surface area contributed by atoms with E-state index in [2.05, 4.69) is 187 Å². The summed E-state index contributed by atoms with van der Waals surface area (Å²) in [6.45, 7) is 13.6. The van der Waals surface area contributed by atoms with Gasteiger partial charge < -0.3 is 0 Å². The maximum absolute atomic E-state index is 5.06. The maximum Gasteiger partial charge on any atom is 0.164 e. The van der Waals surface area contributed by atoms with Crippen molar-refractivity contribution in [2.24, 2.45) is 0 Å². The van der Waals surface area contributed by atoms with Crippen LogP contribution in [0.15, 0.2) is 146 Å². The van der Waals surface area contributed by atoms with Gasteiger partial charge in [-0.2, -0.15) is 0 Å². The molecule has 0 saturated carbocycles. The first-order chi connectivity index (χ1) is 26.3. The molecule has 0 aliphatic heterocycles. The summed E-state index contributed by atoms with van der Waals surface area (Å²) < 4.78 is 0. The van der Waals surface area contributed by atoms with E-state index >= 15 is 0 Å². The fraction of sp³-hybridized carbons (Fsp3) is 0.235. The molecule has 7 aromatic rings. The van der Waals surface area contributed by atoms with Gasteiger partial charge in [-0.15, -0.1) is 0 Å². The highest BCUT2D eigenvalue weighted by atomic mass is 15.0. The van der Waals surface area contributed by atoms with Gasteiger partial charge in [0.2, 0.25) is 0 Å². The zero-order valence-electron chi connectivity index (χ0n) is 32.6. The van der Waals surface area contributed by atoms with Crippen molar-refractivity contribution in [2.75, 3.05) is 0 Å². The lowest BCUT2D eigenvalue weighted by molar-refractivity contribution is 0.734. The summed E-state index contributed by atoms with van der Waals surface area (Å²) in [5, 5.41) is 0. The minimum absolute atomic E-state index is 0.558. The first-order valence-corrected chi connectivity index (χ1v) is 19.7. The summed E-state index contributed by atoms with van der Waals surface area (Å²) in [5.74, 6) is 3.64. The van der Waals surface area contributed by atoms with Crippen molar-refractivity contribution in [3.05, 3.63) is 162 Å². The van der Waals surface area contributed by atoms with E-state index in [0.29, 0.717) is 35.2 Å². The molecule has 0 aliphatic carbocycles. The van der Waals surface area contributed by atoms with Crippen LogP contribution in [0.1, 0.15) is 95.2 Å².